The van der Waals surface area contributed by atoms with Gasteiger partial charge in [-0.15, -0.1) is 6.42 Å². The van der Waals surface area contributed by atoms with Crippen molar-refractivity contribution in [1.29, 1.82) is 0 Å². The monoisotopic (exact) mass is 380 g/mol. The number of hydrogen-bond donors (Lipinski definition) is 0. The van der Waals surface area contributed by atoms with Crippen LogP contribution in [0.3, 0.4) is 0 Å². The normalized spacial score (nSPS) is 13.4. The number of aromatic nitrogens is 1. The Morgan fingerprint density at radius 1 is 1.26 bits per heavy atom. The lowest BCUT2D eigenvalue weighted by Crippen LogP contribution is -2.17. The van der Waals surface area contributed by atoms with Gasteiger partial charge in [-0.05, 0) is 36.4 Å². The van der Waals surface area contributed by atoms with Gasteiger partial charge in [-0.2, -0.15) is 4.99 Å². The highest BCUT2D eigenvalue weighted by atomic mass is 32.1. The number of terminal acetylenes is 1. The first-order chi connectivity index (χ1) is 13.2. The average Bonchev–Trinajstić information content (AvgIpc) is 3.04. The van der Waals surface area contributed by atoms with Crippen molar-refractivity contribution in [1.82, 2.24) is 4.57 Å². The van der Waals surface area contributed by atoms with E-state index in [0.717, 1.165) is 16.0 Å². The molecule has 27 heavy (non-hydrogen) atoms. The van der Waals surface area contributed by atoms with Gasteiger partial charge in [0.1, 0.15) is 19.0 Å². The third-order valence-corrected chi connectivity index (χ3v) is 5.17. The molecule has 7 heteroatoms. The molecule has 0 spiro atoms. The Morgan fingerprint density at radius 2 is 2.07 bits per heavy atom. The van der Waals surface area contributed by atoms with E-state index >= 15 is 0 Å². The predicted molar refractivity (Wildman–Crippen MR) is 103 cm³/mol. The third-order valence-electron chi connectivity index (χ3n) is 4.13. The number of ether oxygens (including phenoxy) is 3. The molecule has 0 aliphatic carbocycles. The van der Waals surface area contributed by atoms with Crippen LogP contribution in [0, 0.1) is 12.3 Å². The van der Waals surface area contributed by atoms with Crippen LogP contribution in [-0.2, 0) is 6.54 Å². The van der Waals surface area contributed by atoms with Crippen LogP contribution in [0.15, 0.2) is 41.4 Å². The lowest BCUT2D eigenvalue weighted by molar-refractivity contribution is 0.0996. The molecule has 0 saturated heterocycles. The van der Waals surface area contributed by atoms with Gasteiger partial charge in [-0.3, -0.25) is 4.79 Å². The van der Waals surface area contributed by atoms with E-state index in [0.29, 0.717) is 41.6 Å². The number of carbonyl (C=O) groups is 1. The van der Waals surface area contributed by atoms with Crippen LogP contribution in [0.5, 0.6) is 17.2 Å². The van der Waals surface area contributed by atoms with E-state index in [-0.39, 0.29) is 5.91 Å². The van der Waals surface area contributed by atoms with Gasteiger partial charge in [0.25, 0.3) is 5.91 Å². The molecule has 0 bridgehead atoms. The Balaban J connectivity index is 1.78. The van der Waals surface area contributed by atoms with Crippen LogP contribution in [0.4, 0.5) is 0 Å². The van der Waals surface area contributed by atoms with Crippen LogP contribution in [0.25, 0.3) is 10.2 Å². The summed E-state index contributed by atoms with van der Waals surface area (Å²) in [4.78, 5) is 17.5. The molecule has 1 aliphatic heterocycles. The minimum Gasteiger partial charge on any atom is -0.497 e. The van der Waals surface area contributed by atoms with Crippen molar-refractivity contribution in [2.75, 3.05) is 20.3 Å². The van der Waals surface area contributed by atoms with Crippen molar-refractivity contribution >= 4 is 27.5 Å². The highest BCUT2D eigenvalue weighted by Gasteiger charge is 2.15. The van der Waals surface area contributed by atoms with Gasteiger partial charge in [0.05, 0.1) is 23.9 Å². The van der Waals surface area contributed by atoms with Gasteiger partial charge in [-0.1, -0.05) is 17.3 Å². The van der Waals surface area contributed by atoms with Crippen molar-refractivity contribution in [3.8, 4) is 29.6 Å². The highest BCUT2D eigenvalue weighted by Crippen LogP contribution is 2.31. The lowest BCUT2D eigenvalue weighted by Gasteiger charge is -2.18. The van der Waals surface area contributed by atoms with E-state index in [1.807, 2.05) is 22.8 Å². The number of amides is 1. The molecule has 0 radical (unpaired) electrons. The van der Waals surface area contributed by atoms with Crippen molar-refractivity contribution in [3.63, 3.8) is 0 Å². The Kier molecular flexibility index (Phi) is 4.57. The topological polar surface area (TPSA) is 62.1 Å². The van der Waals surface area contributed by atoms with Crippen LogP contribution in [0.1, 0.15) is 10.4 Å². The second-order valence-corrected chi connectivity index (χ2v) is 6.79. The first-order valence-corrected chi connectivity index (χ1v) is 9.11. The molecule has 0 fully saturated rings. The second kappa shape index (κ2) is 7.17. The third kappa shape index (κ3) is 3.27. The van der Waals surface area contributed by atoms with E-state index in [9.17, 15) is 4.79 Å². The fourth-order valence-electron chi connectivity index (χ4n) is 2.84. The minimum absolute atomic E-state index is 0.319. The molecular weight excluding hydrogens is 364 g/mol. The number of benzene rings is 2. The van der Waals surface area contributed by atoms with E-state index in [4.69, 9.17) is 20.6 Å². The molecule has 6 nitrogen and oxygen atoms in total. The Hall–Kier alpha value is -3.24. The van der Waals surface area contributed by atoms with Crippen LogP contribution in [0.2, 0.25) is 0 Å². The number of fused-ring (bicyclic) bond motifs is 2. The largest absolute Gasteiger partial charge is 0.497 e. The summed E-state index contributed by atoms with van der Waals surface area (Å²) in [6.45, 7) is 1.28. The maximum atomic E-state index is 12.7. The molecular formula is C20H16N2O4S. The molecule has 0 atom stereocenters. The summed E-state index contributed by atoms with van der Waals surface area (Å²) < 4.78 is 19.1. The zero-order valence-corrected chi connectivity index (χ0v) is 15.4. The van der Waals surface area contributed by atoms with E-state index in [2.05, 4.69) is 10.9 Å². The zero-order valence-electron chi connectivity index (χ0n) is 14.6. The summed E-state index contributed by atoms with van der Waals surface area (Å²) in [6, 6.07) is 10.7. The number of nitrogens with zero attached hydrogens (tertiary/aromatic N) is 2. The Morgan fingerprint density at radius 3 is 2.85 bits per heavy atom. The van der Waals surface area contributed by atoms with E-state index < -0.39 is 0 Å². The van der Waals surface area contributed by atoms with E-state index in [1.54, 1.807) is 25.3 Å². The lowest BCUT2D eigenvalue weighted by atomic mass is 10.2. The first kappa shape index (κ1) is 17.2. The van der Waals surface area contributed by atoms with Gasteiger partial charge in [0.2, 0.25) is 0 Å². The quantitative estimate of drug-likeness (QED) is 0.656. The molecule has 136 valence electrons. The van der Waals surface area contributed by atoms with Gasteiger partial charge >= 0.3 is 0 Å². The Bertz CT molecular complexity index is 1140. The van der Waals surface area contributed by atoms with Crippen LogP contribution >= 0.6 is 11.3 Å². The number of carbonyl (C=O) groups excluding carboxylic acids is 1. The smallest absolute Gasteiger partial charge is 0.279 e. The second-order valence-electron chi connectivity index (χ2n) is 5.78. The number of methoxy groups -OCH3 is 1. The SMILES string of the molecule is C#CCn1c(=NC(=O)c2ccc3c(c2)OCCO3)sc2cc(OC)ccc21. The van der Waals surface area contributed by atoms with Gasteiger partial charge < -0.3 is 18.8 Å². The predicted octanol–water partition coefficient (Wildman–Crippen LogP) is 2.86. The van der Waals surface area contributed by atoms with Crippen LogP contribution < -0.4 is 19.0 Å². The first-order valence-electron chi connectivity index (χ1n) is 8.29. The fraction of sp³-hybridized carbons (Fsp3) is 0.200. The van der Waals surface area contributed by atoms with Gasteiger partial charge in [-0.25, -0.2) is 0 Å². The van der Waals surface area contributed by atoms with Gasteiger partial charge in [0, 0.05) is 5.56 Å². The average molecular weight is 380 g/mol. The molecule has 4 rings (SSSR count). The Labute approximate surface area is 159 Å². The zero-order chi connectivity index (χ0) is 18.8. The maximum absolute atomic E-state index is 12.7. The molecule has 1 aliphatic rings. The molecule has 0 saturated carbocycles. The summed E-state index contributed by atoms with van der Waals surface area (Å²) in [5.41, 5.74) is 1.34. The molecule has 3 aromatic rings. The van der Waals surface area contributed by atoms with Gasteiger partial charge in [0.15, 0.2) is 16.3 Å². The summed E-state index contributed by atoms with van der Waals surface area (Å²) in [5.74, 6) is 4.18. The molecule has 2 heterocycles. The molecule has 1 amide bonds. The van der Waals surface area contributed by atoms with E-state index in [1.165, 1.54) is 11.3 Å². The molecule has 0 N–H and O–H groups in total. The summed E-state index contributed by atoms with van der Waals surface area (Å²) >= 11 is 1.39. The van der Waals surface area contributed by atoms with Crippen molar-refractivity contribution in [2.24, 2.45) is 4.99 Å². The summed E-state index contributed by atoms with van der Waals surface area (Å²) in [7, 11) is 1.61. The minimum atomic E-state index is -0.365. The summed E-state index contributed by atoms with van der Waals surface area (Å²) in [5, 5.41) is 0. The summed E-state index contributed by atoms with van der Waals surface area (Å²) in [6.07, 6.45) is 5.51. The van der Waals surface area contributed by atoms with Crippen molar-refractivity contribution in [2.45, 2.75) is 6.54 Å². The number of thiazole rings is 1. The molecule has 2 aromatic carbocycles. The molecule has 1 aromatic heterocycles. The van der Waals surface area contributed by atoms with Crippen molar-refractivity contribution in [3.05, 3.63) is 46.8 Å². The fourth-order valence-corrected chi connectivity index (χ4v) is 3.89. The maximum Gasteiger partial charge on any atom is 0.279 e. The number of rotatable bonds is 3. The number of hydrogen-bond acceptors (Lipinski definition) is 5. The highest BCUT2D eigenvalue weighted by molar-refractivity contribution is 7.16. The van der Waals surface area contributed by atoms with Crippen molar-refractivity contribution < 1.29 is 19.0 Å². The van der Waals surface area contributed by atoms with Crippen LogP contribution in [-0.4, -0.2) is 30.8 Å². The standard InChI is InChI=1S/C20H16N2O4S/c1-3-8-22-15-6-5-14(24-2)12-18(15)27-20(22)21-19(23)13-4-7-16-17(11-13)26-10-9-25-16/h1,4-7,11-12H,8-10H2,2H3. The molecule has 0 unspecified atom stereocenters.